The number of nitrogens with one attached hydrogen (secondary N) is 3. The number of hydrogen-bond donors (Lipinski definition) is 3. The van der Waals surface area contributed by atoms with Gasteiger partial charge in [0.15, 0.2) is 6.10 Å². The molecule has 0 bridgehead atoms. The number of ether oxygens (including phenoxy) is 2. The van der Waals surface area contributed by atoms with E-state index in [0.29, 0.717) is 31.8 Å². The fraction of sp³-hybridized carbons (Fsp3) is 0.848. The van der Waals surface area contributed by atoms with Crippen molar-refractivity contribution in [2.75, 3.05) is 13.1 Å². The molecular weight excluding hydrogens is 564 g/mol. The molecule has 248 valence electrons. The Labute approximate surface area is 262 Å². The minimum Gasteiger partial charge on any atom is -0.450 e. The molecule has 4 rings (SSSR count). The molecule has 0 aromatic rings. The van der Waals surface area contributed by atoms with Crippen LogP contribution in [0.4, 0.5) is 4.79 Å². The standard InChI is InChI=1S/C33H54N4O7/c1-20(38)43-27(29(40)34-18-21-16-17-21)23-14-12-10-8-7-9-11-13-15-24(36-31(42)44-32(2,3)4)30(41)37-19-22-25(33(22,5)6)26(37)28(39)35-23/h21-27H,7-19H2,1-6H3,(H,34,40)(H,35,39)(H,36,42)/t22-,23-,24-,25-,26-,27?/m0/s1. The Morgan fingerprint density at radius 1 is 0.977 bits per heavy atom. The number of carbonyl (C=O) groups is 5. The Bertz CT molecular complexity index is 1080. The fourth-order valence-electron chi connectivity index (χ4n) is 7.05. The van der Waals surface area contributed by atoms with Crippen LogP contribution in [0.1, 0.15) is 112 Å². The molecule has 2 aliphatic carbocycles. The molecule has 2 saturated heterocycles. The van der Waals surface area contributed by atoms with E-state index in [4.69, 9.17) is 9.47 Å². The van der Waals surface area contributed by atoms with Gasteiger partial charge in [0, 0.05) is 20.0 Å². The minimum absolute atomic E-state index is 0.0518. The molecule has 4 fully saturated rings. The third-order valence-corrected chi connectivity index (χ3v) is 9.76. The van der Waals surface area contributed by atoms with E-state index in [-0.39, 0.29) is 29.1 Å². The topological polar surface area (TPSA) is 143 Å². The van der Waals surface area contributed by atoms with Gasteiger partial charge in [-0.3, -0.25) is 19.2 Å². The molecular formula is C33H54N4O7. The molecule has 2 saturated carbocycles. The van der Waals surface area contributed by atoms with Crippen molar-refractivity contribution >= 4 is 29.8 Å². The second kappa shape index (κ2) is 14.1. The van der Waals surface area contributed by atoms with Gasteiger partial charge in [-0.25, -0.2) is 4.79 Å². The third-order valence-electron chi connectivity index (χ3n) is 9.76. The summed E-state index contributed by atoms with van der Waals surface area (Å²) in [6.07, 6.45) is 7.68. The van der Waals surface area contributed by atoms with Crippen molar-refractivity contribution in [2.45, 2.75) is 142 Å². The van der Waals surface area contributed by atoms with Gasteiger partial charge in [-0.05, 0) is 69.6 Å². The Kier molecular flexibility index (Phi) is 10.9. The highest BCUT2D eigenvalue weighted by molar-refractivity contribution is 5.93. The van der Waals surface area contributed by atoms with E-state index < -0.39 is 47.8 Å². The molecule has 0 aromatic heterocycles. The highest BCUT2D eigenvalue weighted by atomic mass is 16.6. The fourth-order valence-corrected chi connectivity index (χ4v) is 7.05. The summed E-state index contributed by atoms with van der Waals surface area (Å²) < 4.78 is 11.0. The summed E-state index contributed by atoms with van der Waals surface area (Å²) in [6, 6.07) is -2.30. The minimum atomic E-state index is -1.16. The highest BCUT2D eigenvalue weighted by Crippen LogP contribution is 2.65. The number of hydrogen-bond acceptors (Lipinski definition) is 7. The largest absolute Gasteiger partial charge is 0.450 e. The number of amides is 4. The van der Waals surface area contributed by atoms with Crippen molar-refractivity contribution < 1.29 is 33.4 Å². The molecule has 2 heterocycles. The highest BCUT2D eigenvalue weighted by Gasteiger charge is 2.69. The maximum atomic E-state index is 14.2. The predicted octanol–water partition coefficient (Wildman–Crippen LogP) is 3.83. The van der Waals surface area contributed by atoms with Crippen molar-refractivity contribution in [3.8, 4) is 0 Å². The van der Waals surface area contributed by atoms with Crippen molar-refractivity contribution in [2.24, 2.45) is 23.2 Å². The molecule has 0 aromatic carbocycles. The van der Waals surface area contributed by atoms with Crippen LogP contribution in [0.25, 0.3) is 0 Å². The molecule has 11 heteroatoms. The zero-order valence-electron chi connectivity index (χ0n) is 27.5. The number of nitrogens with zero attached hydrogens (tertiary/aromatic N) is 1. The van der Waals surface area contributed by atoms with Crippen LogP contribution in [0.2, 0.25) is 0 Å². The van der Waals surface area contributed by atoms with Gasteiger partial charge in [0.05, 0.1) is 6.04 Å². The molecule has 44 heavy (non-hydrogen) atoms. The van der Waals surface area contributed by atoms with Gasteiger partial charge in [-0.1, -0.05) is 58.8 Å². The van der Waals surface area contributed by atoms with Gasteiger partial charge >= 0.3 is 12.1 Å². The van der Waals surface area contributed by atoms with Crippen LogP contribution >= 0.6 is 0 Å². The first-order valence-electron chi connectivity index (χ1n) is 16.7. The second-order valence-electron chi connectivity index (χ2n) is 15.0. The van der Waals surface area contributed by atoms with E-state index in [0.717, 1.165) is 57.8 Å². The Balaban J connectivity index is 1.59. The van der Waals surface area contributed by atoms with Gasteiger partial charge in [0.1, 0.15) is 17.7 Å². The molecule has 3 N–H and O–H groups in total. The van der Waals surface area contributed by atoms with Crippen LogP contribution in [-0.4, -0.2) is 77.6 Å². The summed E-state index contributed by atoms with van der Waals surface area (Å²) in [7, 11) is 0. The molecule has 1 unspecified atom stereocenters. The summed E-state index contributed by atoms with van der Waals surface area (Å²) in [6.45, 7) is 11.7. The summed E-state index contributed by atoms with van der Waals surface area (Å²) in [4.78, 5) is 68.1. The number of piperidine rings is 1. The zero-order valence-corrected chi connectivity index (χ0v) is 27.5. The van der Waals surface area contributed by atoms with E-state index in [2.05, 4.69) is 29.8 Å². The van der Waals surface area contributed by atoms with Crippen LogP contribution in [-0.2, 0) is 28.7 Å². The Hall–Kier alpha value is -2.85. The molecule has 4 aliphatic rings. The first-order chi connectivity index (χ1) is 20.7. The van der Waals surface area contributed by atoms with Gasteiger partial charge in [-0.15, -0.1) is 0 Å². The summed E-state index contributed by atoms with van der Waals surface area (Å²) in [5.74, 6) is -1.09. The van der Waals surface area contributed by atoms with Crippen LogP contribution in [0, 0.1) is 23.2 Å². The Morgan fingerprint density at radius 3 is 2.18 bits per heavy atom. The van der Waals surface area contributed by atoms with E-state index in [1.54, 1.807) is 25.7 Å². The first-order valence-corrected chi connectivity index (χ1v) is 16.7. The smallest absolute Gasteiger partial charge is 0.408 e. The maximum Gasteiger partial charge on any atom is 0.408 e. The maximum absolute atomic E-state index is 14.2. The third kappa shape index (κ3) is 8.87. The molecule has 2 aliphatic heterocycles. The number of carbonyl (C=O) groups excluding carboxylic acids is 5. The van der Waals surface area contributed by atoms with Crippen LogP contribution in [0.15, 0.2) is 0 Å². The molecule has 0 spiro atoms. The number of alkyl carbamates (subject to hydrolysis) is 1. The lowest BCUT2D eigenvalue weighted by atomic mass is 9.96. The van der Waals surface area contributed by atoms with Crippen molar-refractivity contribution in [1.29, 1.82) is 0 Å². The van der Waals surface area contributed by atoms with Gasteiger partial charge < -0.3 is 30.3 Å². The lowest BCUT2D eigenvalue weighted by Gasteiger charge is -2.35. The number of fused-ring (bicyclic) bond motifs is 3. The molecule has 6 atom stereocenters. The number of esters is 1. The van der Waals surface area contributed by atoms with Crippen molar-refractivity contribution in [3.63, 3.8) is 0 Å². The number of rotatable bonds is 6. The summed E-state index contributed by atoms with van der Waals surface area (Å²) in [5.41, 5.74) is -0.842. The van der Waals surface area contributed by atoms with E-state index in [1.807, 2.05) is 0 Å². The van der Waals surface area contributed by atoms with Gasteiger partial charge in [0.25, 0.3) is 5.91 Å². The first kappa shape index (κ1) is 34.0. The van der Waals surface area contributed by atoms with Gasteiger partial charge in [-0.2, -0.15) is 0 Å². The van der Waals surface area contributed by atoms with E-state index >= 15 is 0 Å². The molecule has 0 radical (unpaired) electrons. The lowest BCUT2D eigenvalue weighted by Crippen LogP contribution is -2.59. The molecule has 11 nitrogen and oxygen atoms in total. The average molecular weight is 619 g/mol. The lowest BCUT2D eigenvalue weighted by molar-refractivity contribution is -0.157. The van der Waals surface area contributed by atoms with E-state index in [9.17, 15) is 24.0 Å². The van der Waals surface area contributed by atoms with Crippen molar-refractivity contribution in [1.82, 2.24) is 20.9 Å². The molecule has 4 amide bonds. The quantitative estimate of drug-likeness (QED) is 0.384. The normalized spacial score (nSPS) is 30.2. The zero-order chi connectivity index (χ0) is 32.2. The SMILES string of the molecule is CC(=O)OC(C(=O)NCC1CC1)[C@@H]1CCCCCCCCC[C@H](NC(=O)OC(C)(C)C)C(=O)N2C[C@H]3[C@@H]([C@H]2C(=O)N1)C3(C)C. The summed E-state index contributed by atoms with van der Waals surface area (Å²) >= 11 is 0. The van der Waals surface area contributed by atoms with Gasteiger partial charge in [0.2, 0.25) is 11.8 Å². The van der Waals surface area contributed by atoms with E-state index in [1.165, 1.54) is 6.92 Å². The Morgan fingerprint density at radius 2 is 1.59 bits per heavy atom. The second-order valence-corrected chi connectivity index (χ2v) is 15.0. The van der Waals surface area contributed by atoms with Crippen LogP contribution in [0.3, 0.4) is 0 Å². The predicted molar refractivity (Wildman–Crippen MR) is 164 cm³/mol. The van der Waals surface area contributed by atoms with Crippen molar-refractivity contribution in [3.05, 3.63) is 0 Å². The van der Waals surface area contributed by atoms with Crippen LogP contribution in [0.5, 0.6) is 0 Å². The van der Waals surface area contributed by atoms with Crippen LogP contribution < -0.4 is 16.0 Å². The monoisotopic (exact) mass is 618 g/mol. The summed E-state index contributed by atoms with van der Waals surface area (Å²) in [5, 5.41) is 8.80. The average Bonchev–Trinajstić information content (AvgIpc) is 3.78.